The highest BCUT2D eigenvalue weighted by Gasteiger charge is 2.33. The van der Waals surface area contributed by atoms with Gasteiger partial charge in [0.05, 0.1) is 0 Å². The maximum absolute atomic E-state index is 12.1. The second-order valence-electron chi connectivity index (χ2n) is 7.20. The van der Waals surface area contributed by atoms with Crippen molar-refractivity contribution in [3.63, 3.8) is 0 Å². The van der Waals surface area contributed by atoms with E-state index in [1.54, 1.807) is 4.90 Å². The molecule has 2 N–H and O–H groups in total. The summed E-state index contributed by atoms with van der Waals surface area (Å²) in [5, 5.41) is 1.13. The Kier molecular flexibility index (Phi) is 6.16. The van der Waals surface area contributed by atoms with Crippen molar-refractivity contribution in [3.8, 4) is 0 Å². The Morgan fingerprint density at radius 1 is 1.22 bits per heavy atom. The van der Waals surface area contributed by atoms with Crippen molar-refractivity contribution in [3.05, 3.63) is 35.6 Å². The van der Waals surface area contributed by atoms with Crippen molar-refractivity contribution in [2.45, 2.75) is 52.1 Å². The number of carbonyl (C=O) groups excluding carboxylic acids is 2. The van der Waals surface area contributed by atoms with Gasteiger partial charge in [0.1, 0.15) is 17.4 Å². The number of primary amides is 1. The van der Waals surface area contributed by atoms with E-state index in [-0.39, 0.29) is 5.91 Å². The van der Waals surface area contributed by atoms with E-state index in [4.69, 9.17) is 10.2 Å². The molecule has 0 aliphatic carbocycles. The fourth-order valence-electron chi connectivity index (χ4n) is 3.81. The van der Waals surface area contributed by atoms with Gasteiger partial charge in [0.15, 0.2) is 0 Å². The molecule has 1 aliphatic heterocycles. The van der Waals surface area contributed by atoms with E-state index in [0.29, 0.717) is 26.1 Å². The molecule has 1 fully saturated rings. The van der Waals surface area contributed by atoms with Gasteiger partial charge in [-0.1, -0.05) is 38.5 Å². The van der Waals surface area contributed by atoms with E-state index < -0.39 is 11.9 Å². The average Bonchev–Trinajstić information content (AvgIpc) is 3.03. The van der Waals surface area contributed by atoms with Crippen LogP contribution in [0.25, 0.3) is 11.0 Å². The van der Waals surface area contributed by atoms with E-state index in [2.05, 4.69) is 17.9 Å². The van der Waals surface area contributed by atoms with Crippen LogP contribution in [0.5, 0.6) is 0 Å². The number of hydrogen-bond donors (Lipinski definition) is 1. The summed E-state index contributed by atoms with van der Waals surface area (Å²) < 4.78 is 6.11. The van der Waals surface area contributed by atoms with Gasteiger partial charge >= 0.3 is 0 Å². The first-order chi connectivity index (χ1) is 13.0. The SMILES string of the molecule is CCCCc1oc2ccccc2c1CN1CCN(C(=O)CC)C(C(N)=O)C1. The molecule has 0 bridgehead atoms. The molecule has 6 nitrogen and oxygen atoms in total. The van der Waals surface area contributed by atoms with Crippen LogP contribution in [0.15, 0.2) is 28.7 Å². The summed E-state index contributed by atoms with van der Waals surface area (Å²) in [5.41, 5.74) is 7.69. The lowest BCUT2D eigenvalue weighted by atomic mass is 10.0. The number of unbranched alkanes of at least 4 members (excludes halogenated alkanes) is 1. The lowest BCUT2D eigenvalue weighted by Gasteiger charge is -2.39. The molecule has 1 saturated heterocycles. The molecule has 2 heterocycles. The average molecular weight is 371 g/mol. The zero-order valence-corrected chi connectivity index (χ0v) is 16.2. The molecular formula is C21H29N3O3. The fraction of sp³-hybridized carbons (Fsp3) is 0.524. The first-order valence-electron chi connectivity index (χ1n) is 9.85. The number of furan rings is 1. The summed E-state index contributed by atoms with van der Waals surface area (Å²) in [5.74, 6) is 0.571. The molecule has 1 aromatic carbocycles. The van der Waals surface area contributed by atoms with Crippen LogP contribution in [0.4, 0.5) is 0 Å². The molecule has 6 heteroatoms. The third-order valence-electron chi connectivity index (χ3n) is 5.34. The molecule has 1 unspecified atom stereocenters. The van der Waals surface area contributed by atoms with Crippen LogP contribution in [-0.2, 0) is 22.6 Å². The van der Waals surface area contributed by atoms with E-state index in [0.717, 1.165) is 42.5 Å². The zero-order valence-electron chi connectivity index (χ0n) is 16.2. The molecule has 1 aromatic heterocycles. The highest BCUT2D eigenvalue weighted by Crippen LogP contribution is 2.29. The van der Waals surface area contributed by atoms with Crippen molar-refractivity contribution in [1.82, 2.24) is 9.80 Å². The van der Waals surface area contributed by atoms with Gasteiger partial charge in [-0.05, 0) is 12.5 Å². The normalized spacial score (nSPS) is 18.1. The Morgan fingerprint density at radius 3 is 2.70 bits per heavy atom. The Hall–Kier alpha value is -2.34. The molecular weight excluding hydrogens is 342 g/mol. The van der Waals surface area contributed by atoms with Crippen molar-refractivity contribution >= 4 is 22.8 Å². The van der Waals surface area contributed by atoms with Gasteiger partial charge < -0.3 is 15.1 Å². The van der Waals surface area contributed by atoms with E-state index in [1.165, 1.54) is 5.56 Å². The summed E-state index contributed by atoms with van der Waals surface area (Å²) in [4.78, 5) is 27.9. The number of rotatable bonds is 7. The maximum Gasteiger partial charge on any atom is 0.241 e. The van der Waals surface area contributed by atoms with E-state index in [1.807, 2.05) is 25.1 Å². The van der Waals surface area contributed by atoms with Crippen molar-refractivity contribution in [2.75, 3.05) is 19.6 Å². The summed E-state index contributed by atoms with van der Waals surface area (Å²) >= 11 is 0. The largest absolute Gasteiger partial charge is 0.461 e. The van der Waals surface area contributed by atoms with Gasteiger partial charge in [-0.25, -0.2) is 0 Å². The number of benzene rings is 1. The fourth-order valence-corrected chi connectivity index (χ4v) is 3.81. The Labute approximate surface area is 160 Å². The quantitative estimate of drug-likeness (QED) is 0.811. The number of aryl methyl sites for hydroxylation is 1. The van der Waals surface area contributed by atoms with Crippen LogP contribution in [0.3, 0.4) is 0 Å². The lowest BCUT2D eigenvalue weighted by molar-refractivity contribution is -0.142. The topological polar surface area (TPSA) is 79.8 Å². The van der Waals surface area contributed by atoms with Crippen molar-refractivity contribution < 1.29 is 14.0 Å². The molecule has 1 aliphatic rings. The Bertz CT molecular complexity index is 814. The number of para-hydroxylation sites is 1. The molecule has 27 heavy (non-hydrogen) atoms. The summed E-state index contributed by atoms with van der Waals surface area (Å²) in [6, 6.07) is 7.53. The first kappa shape index (κ1) is 19.4. The summed E-state index contributed by atoms with van der Waals surface area (Å²) in [6.07, 6.45) is 3.49. The van der Waals surface area contributed by atoms with Crippen LogP contribution >= 0.6 is 0 Å². The van der Waals surface area contributed by atoms with Gasteiger partial charge in [0.25, 0.3) is 0 Å². The van der Waals surface area contributed by atoms with Gasteiger partial charge in [0, 0.05) is 50.0 Å². The van der Waals surface area contributed by atoms with Gasteiger partial charge in [-0.3, -0.25) is 14.5 Å². The molecule has 0 radical (unpaired) electrons. The summed E-state index contributed by atoms with van der Waals surface area (Å²) in [6.45, 7) is 6.40. The number of amides is 2. The third-order valence-corrected chi connectivity index (χ3v) is 5.34. The number of carbonyl (C=O) groups is 2. The number of fused-ring (bicyclic) bond motifs is 1. The lowest BCUT2D eigenvalue weighted by Crippen LogP contribution is -2.59. The Balaban J connectivity index is 1.82. The molecule has 0 saturated carbocycles. The minimum atomic E-state index is -0.566. The maximum atomic E-state index is 12.1. The Morgan fingerprint density at radius 2 is 2.00 bits per heavy atom. The predicted octanol–water partition coefficient (Wildman–Crippen LogP) is 2.68. The second kappa shape index (κ2) is 8.57. The smallest absolute Gasteiger partial charge is 0.241 e. The first-order valence-corrected chi connectivity index (χ1v) is 9.85. The monoisotopic (exact) mass is 371 g/mol. The van der Waals surface area contributed by atoms with Gasteiger partial charge in [-0.2, -0.15) is 0 Å². The van der Waals surface area contributed by atoms with Crippen molar-refractivity contribution in [2.24, 2.45) is 5.73 Å². The molecule has 2 amide bonds. The molecule has 3 rings (SSSR count). The van der Waals surface area contributed by atoms with Gasteiger partial charge in [-0.15, -0.1) is 0 Å². The minimum absolute atomic E-state index is 0.0177. The summed E-state index contributed by atoms with van der Waals surface area (Å²) in [7, 11) is 0. The predicted molar refractivity (Wildman–Crippen MR) is 105 cm³/mol. The third kappa shape index (κ3) is 4.16. The van der Waals surface area contributed by atoms with Gasteiger partial charge in [0.2, 0.25) is 11.8 Å². The van der Waals surface area contributed by atoms with E-state index >= 15 is 0 Å². The van der Waals surface area contributed by atoms with E-state index in [9.17, 15) is 9.59 Å². The standard InChI is InChI=1S/C21H29N3O3/c1-3-5-9-19-16(15-8-6-7-10-18(15)27-19)13-23-11-12-24(20(25)4-2)17(14-23)21(22)26/h6-8,10,17H,3-5,9,11-14H2,1-2H3,(H2,22,26). The molecule has 0 spiro atoms. The second-order valence-corrected chi connectivity index (χ2v) is 7.20. The number of piperazine rings is 1. The van der Waals surface area contributed by atoms with Crippen LogP contribution in [0.1, 0.15) is 44.4 Å². The molecule has 1 atom stereocenters. The van der Waals surface area contributed by atoms with Crippen LogP contribution < -0.4 is 5.73 Å². The number of hydrogen-bond acceptors (Lipinski definition) is 4. The minimum Gasteiger partial charge on any atom is -0.461 e. The van der Waals surface area contributed by atoms with Crippen LogP contribution in [0.2, 0.25) is 0 Å². The highest BCUT2D eigenvalue weighted by molar-refractivity contribution is 5.87. The van der Waals surface area contributed by atoms with Crippen LogP contribution in [-0.4, -0.2) is 47.3 Å². The highest BCUT2D eigenvalue weighted by atomic mass is 16.3. The van der Waals surface area contributed by atoms with Crippen molar-refractivity contribution in [1.29, 1.82) is 0 Å². The number of nitrogens with two attached hydrogens (primary N) is 1. The number of nitrogens with zero attached hydrogens (tertiary/aromatic N) is 2. The zero-order chi connectivity index (χ0) is 19.4. The molecule has 2 aromatic rings. The molecule has 146 valence electrons. The van der Waals surface area contributed by atoms with Crippen LogP contribution in [0, 0.1) is 0 Å².